The third-order valence-electron chi connectivity index (χ3n) is 3.15. The Kier molecular flexibility index (Phi) is 3.10. The van der Waals surface area contributed by atoms with Crippen molar-refractivity contribution in [2.75, 3.05) is 6.54 Å². The van der Waals surface area contributed by atoms with Crippen LogP contribution in [0.4, 0.5) is 0 Å². The van der Waals surface area contributed by atoms with E-state index in [4.69, 9.17) is 0 Å². The summed E-state index contributed by atoms with van der Waals surface area (Å²) in [6.45, 7) is 5.81. The number of hydrogen-bond acceptors (Lipinski definition) is 2. The van der Waals surface area contributed by atoms with Gasteiger partial charge in [-0.1, -0.05) is 13.8 Å². The van der Waals surface area contributed by atoms with Crippen molar-refractivity contribution in [3.8, 4) is 0 Å². The van der Waals surface area contributed by atoms with E-state index in [-0.39, 0.29) is 5.92 Å². The van der Waals surface area contributed by atoms with Gasteiger partial charge in [-0.25, -0.2) is 0 Å². The zero-order chi connectivity index (χ0) is 10.8. The molecule has 0 fully saturated rings. The van der Waals surface area contributed by atoms with Gasteiger partial charge in [0.15, 0.2) is 0 Å². The normalized spacial score (nSPS) is 17.3. The fourth-order valence-electron chi connectivity index (χ4n) is 1.92. The molecule has 82 valence electrons. The highest BCUT2D eigenvalue weighted by atomic mass is 32.1. The molecule has 0 radical (unpaired) electrons. The molecule has 2 nitrogen and oxygen atoms in total. The molecule has 1 unspecified atom stereocenters. The summed E-state index contributed by atoms with van der Waals surface area (Å²) in [4.78, 5) is 15.5. The lowest BCUT2D eigenvalue weighted by molar-refractivity contribution is -0.136. The molecule has 1 aromatic heterocycles. The van der Waals surface area contributed by atoms with Gasteiger partial charge in [0.1, 0.15) is 0 Å². The van der Waals surface area contributed by atoms with E-state index in [2.05, 4.69) is 18.4 Å². The smallest absolute Gasteiger partial charge is 0.225 e. The molecule has 0 aromatic carbocycles. The van der Waals surface area contributed by atoms with Crippen molar-refractivity contribution in [2.24, 2.45) is 5.92 Å². The number of carbonyl (C=O) groups excluding carboxylic acids is 1. The second-order valence-electron chi connectivity index (χ2n) is 4.19. The maximum atomic E-state index is 12.0. The standard InChI is InChI=1S/C12H17NOS/c1-3-9(2)12(14)13-6-4-11-10(8-13)5-7-15-11/h5,7,9H,3-4,6,8H2,1-2H3. The molecule has 0 N–H and O–H groups in total. The second kappa shape index (κ2) is 4.35. The van der Waals surface area contributed by atoms with Gasteiger partial charge in [-0.3, -0.25) is 4.79 Å². The lowest BCUT2D eigenvalue weighted by Crippen LogP contribution is -2.38. The maximum absolute atomic E-state index is 12.0. The minimum absolute atomic E-state index is 0.171. The molecule has 0 saturated heterocycles. The highest BCUT2D eigenvalue weighted by Crippen LogP contribution is 2.25. The van der Waals surface area contributed by atoms with Gasteiger partial charge in [-0.15, -0.1) is 11.3 Å². The molecule has 0 aliphatic carbocycles. The Morgan fingerprint density at radius 1 is 1.67 bits per heavy atom. The Balaban J connectivity index is 2.06. The van der Waals surface area contributed by atoms with Crippen LogP contribution in [0.1, 0.15) is 30.7 Å². The number of hydrogen-bond donors (Lipinski definition) is 0. The summed E-state index contributed by atoms with van der Waals surface area (Å²) in [5.74, 6) is 0.486. The van der Waals surface area contributed by atoms with E-state index in [0.29, 0.717) is 5.91 Å². The fraction of sp³-hybridized carbons (Fsp3) is 0.583. The Morgan fingerprint density at radius 2 is 2.47 bits per heavy atom. The molecule has 1 amide bonds. The van der Waals surface area contributed by atoms with Crippen LogP contribution in [-0.2, 0) is 17.8 Å². The first-order chi connectivity index (χ1) is 7.22. The predicted octanol–water partition coefficient (Wildman–Crippen LogP) is 2.68. The molecule has 1 aromatic rings. The minimum Gasteiger partial charge on any atom is -0.338 e. The molecule has 2 rings (SSSR count). The first kappa shape index (κ1) is 10.7. The SMILES string of the molecule is CCC(C)C(=O)N1CCc2sccc2C1. The van der Waals surface area contributed by atoms with Gasteiger partial charge in [0.2, 0.25) is 5.91 Å². The third-order valence-corrected chi connectivity index (χ3v) is 4.18. The fourth-order valence-corrected chi connectivity index (χ4v) is 2.81. The van der Waals surface area contributed by atoms with Crippen LogP contribution in [0.3, 0.4) is 0 Å². The van der Waals surface area contributed by atoms with Crippen LogP contribution in [0.5, 0.6) is 0 Å². The van der Waals surface area contributed by atoms with E-state index in [9.17, 15) is 4.79 Å². The van der Waals surface area contributed by atoms with Gasteiger partial charge in [0.25, 0.3) is 0 Å². The largest absolute Gasteiger partial charge is 0.338 e. The van der Waals surface area contributed by atoms with E-state index in [1.807, 2.05) is 23.2 Å². The number of nitrogens with zero attached hydrogens (tertiary/aromatic N) is 1. The van der Waals surface area contributed by atoms with Crippen molar-refractivity contribution in [1.82, 2.24) is 4.90 Å². The van der Waals surface area contributed by atoms with Gasteiger partial charge in [-0.2, -0.15) is 0 Å². The van der Waals surface area contributed by atoms with Crippen LogP contribution in [0.15, 0.2) is 11.4 Å². The van der Waals surface area contributed by atoms with Gasteiger partial charge in [0, 0.05) is 23.9 Å². The van der Waals surface area contributed by atoms with E-state index in [0.717, 1.165) is 25.9 Å². The van der Waals surface area contributed by atoms with Gasteiger partial charge >= 0.3 is 0 Å². The summed E-state index contributed by atoms with van der Waals surface area (Å²) < 4.78 is 0. The molecule has 1 atom stereocenters. The molecule has 2 heterocycles. The molecule has 3 heteroatoms. The monoisotopic (exact) mass is 223 g/mol. The summed E-state index contributed by atoms with van der Waals surface area (Å²) in [5, 5.41) is 2.13. The molecule has 0 bridgehead atoms. The highest BCUT2D eigenvalue weighted by molar-refractivity contribution is 7.10. The molecular formula is C12H17NOS. The molecule has 0 saturated carbocycles. The number of carbonyl (C=O) groups is 1. The van der Waals surface area contributed by atoms with Gasteiger partial charge in [0.05, 0.1) is 0 Å². The summed E-state index contributed by atoms with van der Waals surface area (Å²) >= 11 is 1.82. The number of rotatable bonds is 2. The van der Waals surface area contributed by atoms with Gasteiger partial charge in [-0.05, 0) is 29.9 Å². The molecule has 1 aliphatic rings. The van der Waals surface area contributed by atoms with E-state index in [1.54, 1.807) is 0 Å². The summed E-state index contributed by atoms with van der Waals surface area (Å²) in [5.41, 5.74) is 1.35. The van der Waals surface area contributed by atoms with Crippen molar-refractivity contribution < 1.29 is 4.79 Å². The molecular weight excluding hydrogens is 206 g/mol. The van der Waals surface area contributed by atoms with Crippen molar-refractivity contribution in [2.45, 2.75) is 33.2 Å². The number of thiophene rings is 1. The third kappa shape index (κ3) is 2.07. The van der Waals surface area contributed by atoms with E-state index < -0.39 is 0 Å². The zero-order valence-electron chi connectivity index (χ0n) is 9.32. The van der Waals surface area contributed by atoms with Crippen LogP contribution < -0.4 is 0 Å². The first-order valence-corrected chi connectivity index (χ1v) is 6.44. The minimum atomic E-state index is 0.171. The van der Waals surface area contributed by atoms with Crippen LogP contribution in [-0.4, -0.2) is 17.4 Å². The Morgan fingerprint density at radius 3 is 3.20 bits per heavy atom. The number of fused-ring (bicyclic) bond motifs is 1. The maximum Gasteiger partial charge on any atom is 0.225 e. The zero-order valence-corrected chi connectivity index (χ0v) is 10.1. The Hall–Kier alpha value is -0.830. The summed E-state index contributed by atoms with van der Waals surface area (Å²) in [7, 11) is 0. The topological polar surface area (TPSA) is 20.3 Å². The molecule has 1 aliphatic heterocycles. The first-order valence-electron chi connectivity index (χ1n) is 5.56. The van der Waals surface area contributed by atoms with E-state index >= 15 is 0 Å². The van der Waals surface area contributed by atoms with Crippen LogP contribution in [0, 0.1) is 5.92 Å². The predicted molar refractivity (Wildman–Crippen MR) is 62.9 cm³/mol. The average molecular weight is 223 g/mol. The Labute approximate surface area is 94.9 Å². The summed E-state index contributed by atoms with van der Waals surface area (Å²) in [6.07, 6.45) is 1.97. The van der Waals surface area contributed by atoms with Crippen molar-refractivity contribution in [1.29, 1.82) is 0 Å². The van der Waals surface area contributed by atoms with Crippen LogP contribution in [0.25, 0.3) is 0 Å². The quantitative estimate of drug-likeness (QED) is 0.755. The van der Waals surface area contributed by atoms with Crippen molar-refractivity contribution >= 4 is 17.2 Å². The second-order valence-corrected chi connectivity index (χ2v) is 5.19. The summed E-state index contributed by atoms with van der Waals surface area (Å²) in [6, 6.07) is 2.15. The average Bonchev–Trinajstić information content (AvgIpc) is 2.73. The Bertz CT molecular complexity index is 358. The lowest BCUT2D eigenvalue weighted by Gasteiger charge is -2.29. The molecule has 15 heavy (non-hydrogen) atoms. The highest BCUT2D eigenvalue weighted by Gasteiger charge is 2.23. The molecule has 0 spiro atoms. The lowest BCUT2D eigenvalue weighted by atomic mass is 10.0. The van der Waals surface area contributed by atoms with E-state index in [1.165, 1.54) is 10.4 Å². The van der Waals surface area contributed by atoms with Crippen LogP contribution >= 0.6 is 11.3 Å². The van der Waals surface area contributed by atoms with Crippen molar-refractivity contribution in [3.63, 3.8) is 0 Å². The van der Waals surface area contributed by atoms with Crippen molar-refractivity contribution in [3.05, 3.63) is 21.9 Å². The number of amides is 1. The van der Waals surface area contributed by atoms with Gasteiger partial charge < -0.3 is 4.90 Å². The van der Waals surface area contributed by atoms with Crippen LogP contribution in [0.2, 0.25) is 0 Å².